The number of ether oxygens (including phenoxy) is 3. The number of aliphatic hydroxyl groups excluding tert-OH is 2. The molecule has 0 amide bonds. The maximum atomic E-state index is 13.5. The van der Waals surface area contributed by atoms with Crippen LogP contribution in [0, 0.1) is 29.6 Å². The standard InChI is InChI=1S/C30H55NO9/c1-12-22-30(9,37)25(34)20(7)23(32)15(2)14-29(8,36)26(18(5)17(4)19(6)27(35)39-22)40-28-24(33)21(31(10)11)13-16(3)38-28/h15-22,24-26,28,33-34,36-37H,12-14H2,1-11H3/t15-,16-,17+,18+,19-,20+,21+,22-,24-,25-,26-,28+,29-,30-/m1/s1. The number of likely N-dealkylation sites (N-methyl/N-ethyl adjacent to an activating group) is 1. The average molecular weight is 574 g/mol. The maximum Gasteiger partial charge on any atom is 0.309 e. The molecule has 0 aliphatic carbocycles. The summed E-state index contributed by atoms with van der Waals surface area (Å²) in [5.74, 6) is -4.04. The van der Waals surface area contributed by atoms with Gasteiger partial charge in [-0.3, -0.25) is 9.59 Å². The van der Waals surface area contributed by atoms with Gasteiger partial charge < -0.3 is 39.5 Å². The SMILES string of the molecule is CC[C@H]1OC(=O)[C@H](C)[C@@H](C)[C@H](C)[C@@H](O[C@@H]2O[C@H](C)C[C@H](N(C)C)[C@H]2O)[C@](C)(O)C[C@@H](C)C(=O)[C@H](C)[C@@H](O)[C@]1(C)O. The smallest absolute Gasteiger partial charge is 0.309 e. The van der Waals surface area contributed by atoms with Crippen LogP contribution in [0.2, 0.25) is 0 Å². The van der Waals surface area contributed by atoms with Crippen LogP contribution < -0.4 is 0 Å². The Morgan fingerprint density at radius 3 is 2.08 bits per heavy atom. The Kier molecular flexibility index (Phi) is 11.8. The molecule has 2 saturated heterocycles. The highest BCUT2D eigenvalue weighted by molar-refractivity contribution is 5.83. The first kappa shape index (κ1) is 35.1. The number of ketones is 1. The van der Waals surface area contributed by atoms with Crippen LogP contribution in [0.3, 0.4) is 0 Å². The minimum absolute atomic E-state index is 0.00171. The lowest BCUT2D eigenvalue weighted by molar-refractivity contribution is -0.297. The Labute approximate surface area is 240 Å². The molecule has 0 aromatic heterocycles. The highest BCUT2D eigenvalue weighted by Crippen LogP contribution is 2.39. The fraction of sp³-hybridized carbons (Fsp3) is 0.933. The van der Waals surface area contributed by atoms with Gasteiger partial charge in [0.15, 0.2) is 6.29 Å². The highest BCUT2D eigenvalue weighted by Gasteiger charge is 2.50. The third kappa shape index (κ3) is 7.43. The molecule has 0 unspecified atom stereocenters. The van der Waals surface area contributed by atoms with Crippen LogP contribution in [0.25, 0.3) is 0 Å². The van der Waals surface area contributed by atoms with Crippen molar-refractivity contribution in [1.29, 1.82) is 0 Å². The normalized spacial score (nSPS) is 48.5. The Balaban J connectivity index is 2.55. The van der Waals surface area contributed by atoms with Gasteiger partial charge in [-0.15, -0.1) is 0 Å². The Hall–Kier alpha value is -1.14. The van der Waals surface area contributed by atoms with Crippen molar-refractivity contribution in [2.75, 3.05) is 14.1 Å². The average Bonchev–Trinajstić information content (AvgIpc) is 2.87. The number of hydrogen-bond acceptors (Lipinski definition) is 10. The van der Waals surface area contributed by atoms with Gasteiger partial charge >= 0.3 is 5.97 Å². The first-order valence-electron chi connectivity index (χ1n) is 14.8. The van der Waals surface area contributed by atoms with Crippen LogP contribution in [-0.4, -0.2) is 105 Å². The van der Waals surface area contributed by atoms with E-state index in [0.717, 1.165) is 0 Å². The molecule has 0 spiro atoms. The molecule has 2 heterocycles. The molecular formula is C30H55NO9. The number of carbonyl (C=O) groups excluding carboxylic acids is 2. The van der Waals surface area contributed by atoms with Crippen molar-refractivity contribution in [1.82, 2.24) is 4.90 Å². The third-order valence-corrected chi connectivity index (χ3v) is 9.64. The second kappa shape index (κ2) is 13.4. The second-order valence-electron chi connectivity index (χ2n) is 13.3. The van der Waals surface area contributed by atoms with Gasteiger partial charge in [0.1, 0.15) is 23.6 Å². The van der Waals surface area contributed by atoms with E-state index in [1.165, 1.54) is 13.8 Å². The van der Waals surface area contributed by atoms with Gasteiger partial charge in [0, 0.05) is 17.9 Å². The number of cyclic esters (lactones) is 1. The van der Waals surface area contributed by atoms with Crippen LogP contribution in [0.15, 0.2) is 0 Å². The summed E-state index contributed by atoms with van der Waals surface area (Å²) in [7, 11) is 3.75. The molecule has 0 bridgehead atoms. The lowest BCUT2D eigenvalue weighted by atomic mass is 9.72. The van der Waals surface area contributed by atoms with Crippen LogP contribution in [0.1, 0.15) is 81.6 Å². The Morgan fingerprint density at radius 2 is 1.55 bits per heavy atom. The number of Topliss-reactive ketones (excluding diaryl/α,β-unsaturated/α-hetero) is 1. The molecule has 2 aliphatic heterocycles. The summed E-state index contributed by atoms with van der Waals surface area (Å²) in [5.41, 5.74) is -3.44. The molecule has 2 fully saturated rings. The highest BCUT2D eigenvalue weighted by atomic mass is 16.7. The van der Waals surface area contributed by atoms with Crippen molar-refractivity contribution in [3.05, 3.63) is 0 Å². The molecule has 0 aromatic carbocycles. The van der Waals surface area contributed by atoms with Crippen LogP contribution >= 0.6 is 0 Å². The van der Waals surface area contributed by atoms with E-state index in [1.807, 2.05) is 39.8 Å². The Bertz CT molecular complexity index is 862. The van der Waals surface area contributed by atoms with Gasteiger partial charge in [-0.05, 0) is 66.0 Å². The molecular weight excluding hydrogens is 518 g/mol. The van der Waals surface area contributed by atoms with Crippen molar-refractivity contribution in [3.63, 3.8) is 0 Å². The largest absolute Gasteiger partial charge is 0.459 e. The van der Waals surface area contributed by atoms with Crippen LogP contribution in [0.4, 0.5) is 0 Å². The van der Waals surface area contributed by atoms with E-state index in [0.29, 0.717) is 6.42 Å². The number of rotatable bonds is 4. The van der Waals surface area contributed by atoms with E-state index >= 15 is 0 Å². The summed E-state index contributed by atoms with van der Waals surface area (Å²) in [6.07, 6.45) is -4.82. The molecule has 0 aromatic rings. The molecule has 234 valence electrons. The monoisotopic (exact) mass is 573 g/mol. The van der Waals surface area contributed by atoms with E-state index in [2.05, 4.69) is 0 Å². The summed E-state index contributed by atoms with van der Waals surface area (Å²) in [6.45, 7) is 15.3. The molecule has 14 atom stereocenters. The fourth-order valence-corrected chi connectivity index (χ4v) is 6.58. The molecule has 4 N–H and O–H groups in total. The number of nitrogens with zero attached hydrogens (tertiary/aromatic N) is 1. The van der Waals surface area contributed by atoms with E-state index < -0.39 is 71.5 Å². The quantitative estimate of drug-likeness (QED) is 0.369. The summed E-state index contributed by atoms with van der Waals surface area (Å²) in [4.78, 5) is 28.7. The molecule has 10 heteroatoms. The zero-order valence-electron chi connectivity index (χ0n) is 26.3. The Morgan fingerprint density at radius 1 is 0.975 bits per heavy atom. The zero-order valence-corrected chi connectivity index (χ0v) is 26.3. The summed E-state index contributed by atoms with van der Waals surface area (Å²) < 4.78 is 18.2. The molecule has 10 nitrogen and oxygen atoms in total. The van der Waals surface area contributed by atoms with Gasteiger partial charge in [-0.25, -0.2) is 0 Å². The predicted molar refractivity (Wildman–Crippen MR) is 150 cm³/mol. The van der Waals surface area contributed by atoms with Gasteiger partial charge in [-0.1, -0.05) is 41.5 Å². The minimum Gasteiger partial charge on any atom is -0.459 e. The summed E-state index contributed by atoms with van der Waals surface area (Å²) in [6, 6.07) is -0.222. The van der Waals surface area contributed by atoms with Crippen LogP contribution in [0.5, 0.6) is 0 Å². The van der Waals surface area contributed by atoms with Crippen molar-refractivity contribution >= 4 is 11.8 Å². The molecule has 2 aliphatic rings. The fourth-order valence-electron chi connectivity index (χ4n) is 6.58. The lowest BCUT2D eigenvalue weighted by Gasteiger charge is -2.47. The first-order valence-corrected chi connectivity index (χ1v) is 14.8. The maximum absolute atomic E-state index is 13.5. The van der Waals surface area contributed by atoms with Crippen molar-refractivity contribution in [2.45, 2.75) is 136 Å². The first-order chi connectivity index (χ1) is 18.3. The van der Waals surface area contributed by atoms with Gasteiger partial charge in [0.2, 0.25) is 0 Å². The van der Waals surface area contributed by atoms with E-state index in [1.54, 1.807) is 27.7 Å². The van der Waals surface area contributed by atoms with E-state index in [4.69, 9.17) is 14.2 Å². The van der Waals surface area contributed by atoms with Gasteiger partial charge in [-0.2, -0.15) is 0 Å². The van der Waals surface area contributed by atoms with Crippen molar-refractivity contribution in [3.8, 4) is 0 Å². The molecule has 40 heavy (non-hydrogen) atoms. The van der Waals surface area contributed by atoms with Crippen molar-refractivity contribution in [2.24, 2.45) is 29.6 Å². The number of carbonyl (C=O) groups is 2. The molecule has 0 radical (unpaired) electrons. The van der Waals surface area contributed by atoms with Gasteiger partial charge in [0.05, 0.1) is 29.8 Å². The van der Waals surface area contributed by atoms with E-state index in [9.17, 15) is 30.0 Å². The van der Waals surface area contributed by atoms with Crippen LogP contribution in [-0.2, 0) is 23.8 Å². The predicted octanol–water partition coefficient (Wildman–Crippen LogP) is 2.14. The number of hydrogen-bond donors (Lipinski definition) is 4. The summed E-state index contributed by atoms with van der Waals surface area (Å²) >= 11 is 0. The minimum atomic E-state index is -1.86. The summed E-state index contributed by atoms with van der Waals surface area (Å²) in [5, 5.41) is 45.4. The molecule has 2 rings (SSSR count). The third-order valence-electron chi connectivity index (χ3n) is 9.64. The number of esters is 1. The second-order valence-corrected chi connectivity index (χ2v) is 13.3. The lowest BCUT2D eigenvalue weighted by Crippen LogP contribution is -2.59. The van der Waals surface area contributed by atoms with E-state index in [-0.39, 0.29) is 36.7 Å². The zero-order chi connectivity index (χ0) is 30.9. The van der Waals surface area contributed by atoms with Gasteiger partial charge in [0.25, 0.3) is 0 Å². The molecule has 0 saturated carbocycles. The number of aliphatic hydroxyl groups is 4. The topological polar surface area (TPSA) is 146 Å². The van der Waals surface area contributed by atoms with Crippen molar-refractivity contribution < 1.29 is 44.2 Å².